The van der Waals surface area contributed by atoms with E-state index in [2.05, 4.69) is 20.8 Å². The van der Waals surface area contributed by atoms with Crippen LogP contribution in [-0.4, -0.2) is 44.3 Å². The van der Waals surface area contributed by atoms with E-state index in [4.69, 9.17) is 31.4 Å². The predicted molar refractivity (Wildman–Crippen MR) is 144 cm³/mol. The van der Waals surface area contributed by atoms with Gasteiger partial charge in [-0.05, 0) is 58.2 Å². The second kappa shape index (κ2) is 14.0. The van der Waals surface area contributed by atoms with E-state index in [1.165, 1.54) is 30.5 Å². The Balaban J connectivity index is 0.000000425. The van der Waals surface area contributed by atoms with E-state index >= 15 is 0 Å². The molecule has 0 amide bonds. The normalized spacial score (nSPS) is 13.0. The first-order valence-electron chi connectivity index (χ1n) is 10.7. The van der Waals surface area contributed by atoms with Gasteiger partial charge in [-0.3, -0.25) is 13.7 Å². The predicted octanol–water partition coefficient (Wildman–Crippen LogP) is 7.46. The Hall–Kier alpha value is -1.65. The summed E-state index contributed by atoms with van der Waals surface area (Å²) in [6.07, 6.45) is -4.42. The number of hydrogen-bond donors (Lipinski definition) is 3. The number of hydrogen-bond acceptors (Lipinski definition) is 7. The number of alkyl halides is 5. The van der Waals surface area contributed by atoms with Gasteiger partial charge in [0.2, 0.25) is 0 Å². The van der Waals surface area contributed by atoms with E-state index in [1.54, 1.807) is 12.1 Å². The van der Waals surface area contributed by atoms with E-state index in [0.717, 1.165) is 0 Å². The molecule has 0 fully saturated rings. The first-order valence-corrected chi connectivity index (χ1v) is 16.0. The summed E-state index contributed by atoms with van der Waals surface area (Å²) in [5.74, 6) is -0.808. The van der Waals surface area contributed by atoms with Crippen LogP contribution in [0.25, 0.3) is 10.1 Å². The molecule has 0 aliphatic rings. The Morgan fingerprint density at radius 2 is 1.82 bits per heavy atom. The lowest BCUT2D eigenvalue weighted by molar-refractivity contribution is -0.182. The number of halogens is 7. The van der Waals surface area contributed by atoms with Gasteiger partial charge in [-0.15, -0.1) is 11.3 Å². The highest BCUT2D eigenvalue weighted by molar-refractivity contribution is 9.10. The molecular formula is C22H20BrClF5O8PS2. The molecular weight excluding hydrogens is 698 g/mol. The molecule has 3 rings (SSSR count). The number of benzene rings is 2. The zero-order chi connectivity index (χ0) is 30.5. The van der Waals surface area contributed by atoms with Gasteiger partial charge in [-0.1, -0.05) is 17.7 Å². The van der Waals surface area contributed by atoms with Gasteiger partial charge in [0.1, 0.15) is 10.6 Å². The van der Waals surface area contributed by atoms with Crippen molar-refractivity contribution in [3.8, 4) is 5.75 Å². The molecule has 0 aliphatic carbocycles. The van der Waals surface area contributed by atoms with Crippen LogP contribution in [0.3, 0.4) is 0 Å². The Labute approximate surface area is 243 Å². The van der Waals surface area contributed by atoms with Gasteiger partial charge in [0.15, 0.2) is 0 Å². The van der Waals surface area contributed by atoms with Crippen molar-refractivity contribution in [3.05, 3.63) is 61.9 Å². The molecule has 1 unspecified atom stereocenters. The van der Waals surface area contributed by atoms with Crippen molar-refractivity contribution >= 4 is 73.3 Å². The highest BCUT2D eigenvalue weighted by Gasteiger charge is 2.53. The molecule has 2 aromatic carbocycles. The van der Waals surface area contributed by atoms with E-state index in [0.29, 0.717) is 21.9 Å². The van der Waals surface area contributed by atoms with Crippen molar-refractivity contribution in [2.45, 2.75) is 30.4 Å². The quantitative estimate of drug-likeness (QED) is 0.0684. The molecule has 3 N–H and O–H groups in total. The fraction of sp³-hybridized carbons (Fsp3) is 0.318. The molecule has 0 bridgehead atoms. The highest BCUT2D eigenvalue weighted by Crippen LogP contribution is 2.63. The van der Waals surface area contributed by atoms with Crippen LogP contribution in [0.15, 0.2) is 40.9 Å². The molecule has 1 atom stereocenters. The summed E-state index contributed by atoms with van der Waals surface area (Å²) in [6, 6.07) is 8.90. The number of carbonyl (C=O) groups is 1. The lowest BCUT2D eigenvalue weighted by atomic mass is 10.1. The third-order valence-electron chi connectivity index (χ3n) is 4.77. The maximum atomic E-state index is 14.2. The first kappa shape index (κ1) is 34.6. The van der Waals surface area contributed by atoms with Crippen LogP contribution < -0.4 is 4.74 Å². The van der Waals surface area contributed by atoms with Crippen molar-refractivity contribution in [2.24, 2.45) is 0 Å². The highest BCUT2D eigenvalue weighted by atomic mass is 79.9. The fourth-order valence-electron chi connectivity index (χ4n) is 3.07. The fourth-order valence-corrected chi connectivity index (χ4v) is 6.87. The molecule has 1 aromatic heterocycles. The largest absolute Gasteiger partial charge is 0.492 e. The van der Waals surface area contributed by atoms with Crippen molar-refractivity contribution in [3.63, 3.8) is 0 Å². The van der Waals surface area contributed by atoms with Gasteiger partial charge >= 0.3 is 25.4 Å². The molecule has 3 aromatic rings. The second-order valence-corrected chi connectivity index (χ2v) is 13.3. The third kappa shape index (κ3) is 9.44. The van der Waals surface area contributed by atoms with E-state index in [1.807, 2.05) is 0 Å². The molecule has 8 nitrogen and oxygen atoms in total. The van der Waals surface area contributed by atoms with Gasteiger partial charge in [0, 0.05) is 44.1 Å². The molecule has 0 spiro atoms. The van der Waals surface area contributed by atoms with Crippen LogP contribution in [0.4, 0.5) is 22.0 Å². The molecule has 18 heteroatoms. The second-order valence-electron chi connectivity index (χ2n) is 7.97. The number of carbonyl (C=O) groups excluding carboxylic acids is 1. The summed E-state index contributed by atoms with van der Waals surface area (Å²) in [5.41, 5.74) is -3.84. The SMILES string of the molecule is CS(=O)Cc1cc(OCCCC(F)(F)F)c2sc(C(F)(F)P(=O)(O)O)c(Br)c2c1.O=C(OO)c1cccc(Cl)c1. The zero-order valence-corrected chi connectivity index (χ0v) is 25.0. The van der Waals surface area contributed by atoms with Gasteiger partial charge < -0.3 is 14.5 Å². The number of rotatable bonds is 9. The average Bonchev–Trinajstić information content (AvgIpc) is 3.17. The Morgan fingerprint density at radius 1 is 1.18 bits per heavy atom. The number of ether oxygens (including phenoxy) is 1. The summed E-state index contributed by atoms with van der Waals surface area (Å²) in [7, 11) is -7.14. The molecule has 40 heavy (non-hydrogen) atoms. The first-order chi connectivity index (χ1) is 18.4. The maximum absolute atomic E-state index is 14.2. The lowest BCUT2D eigenvalue weighted by Gasteiger charge is -2.16. The minimum absolute atomic E-state index is 0.0245. The Kier molecular flexibility index (Phi) is 12.1. The van der Waals surface area contributed by atoms with Crippen LogP contribution in [0.1, 0.15) is 33.6 Å². The molecule has 1 heterocycles. The topological polar surface area (TPSA) is 130 Å². The van der Waals surface area contributed by atoms with Crippen LogP contribution >= 0.6 is 46.5 Å². The summed E-state index contributed by atoms with van der Waals surface area (Å²) < 4.78 is 93.3. The van der Waals surface area contributed by atoms with Gasteiger partial charge in [-0.2, -0.15) is 27.2 Å². The number of fused-ring (bicyclic) bond motifs is 1. The Bertz CT molecular complexity index is 1430. The summed E-state index contributed by atoms with van der Waals surface area (Å²) in [5, 5.41) is 8.54. The van der Waals surface area contributed by atoms with E-state index in [-0.39, 0.29) is 44.7 Å². The lowest BCUT2D eigenvalue weighted by Crippen LogP contribution is -2.12. The monoisotopic (exact) mass is 716 g/mol. The van der Waals surface area contributed by atoms with Crippen molar-refractivity contribution in [1.82, 2.24) is 0 Å². The minimum atomic E-state index is -5.83. The van der Waals surface area contributed by atoms with Gasteiger partial charge in [-0.25, -0.2) is 4.79 Å². The molecule has 0 saturated heterocycles. The van der Waals surface area contributed by atoms with Crippen LogP contribution in [0.2, 0.25) is 5.02 Å². The minimum Gasteiger partial charge on any atom is -0.492 e. The number of thiophene rings is 1. The van der Waals surface area contributed by atoms with Gasteiger partial charge in [0.25, 0.3) is 0 Å². The zero-order valence-electron chi connectivity index (χ0n) is 20.1. The van der Waals surface area contributed by atoms with E-state index < -0.39 is 47.5 Å². The maximum Gasteiger partial charge on any atom is 0.400 e. The van der Waals surface area contributed by atoms with Crippen molar-refractivity contribution in [2.75, 3.05) is 12.9 Å². The summed E-state index contributed by atoms with van der Waals surface area (Å²) >= 11 is 8.85. The van der Waals surface area contributed by atoms with E-state index in [9.17, 15) is 35.5 Å². The van der Waals surface area contributed by atoms with Crippen LogP contribution in [-0.2, 0) is 31.7 Å². The van der Waals surface area contributed by atoms with Crippen molar-refractivity contribution < 1.29 is 60.2 Å². The smallest absolute Gasteiger partial charge is 0.400 e. The molecule has 0 saturated carbocycles. The van der Waals surface area contributed by atoms with Crippen molar-refractivity contribution in [1.29, 1.82) is 0 Å². The molecule has 222 valence electrons. The third-order valence-corrected chi connectivity index (χ3v) is 9.23. The molecule has 0 radical (unpaired) electrons. The molecule has 0 aliphatic heterocycles. The van der Waals surface area contributed by atoms with Crippen LogP contribution in [0, 0.1) is 0 Å². The Morgan fingerprint density at radius 3 is 2.35 bits per heavy atom. The summed E-state index contributed by atoms with van der Waals surface area (Å²) in [6.45, 7) is -0.354. The summed E-state index contributed by atoms with van der Waals surface area (Å²) in [4.78, 5) is 31.2. The standard InChI is InChI=1S/C15H15BrF5O5PS2.C7H5ClO3/c1-29(25)7-8-5-9-11(16)13(15(20,21)27(22,23)24)28-12(9)10(6-8)26-4-2-3-14(17,18)19;8-6-3-1-2-5(4-6)7(9)11-10/h5-6H,2-4,7H2,1H3,(H2,22,23,24);1-4,10H. The van der Waals surface area contributed by atoms with Gasteiger partial charge in [0.05, 0.1) is 16.9 Å². The average molecular weight is 718 g/mol. The van der Waals surface area contributed by atoms with Crippen LogP contribution in [0.5, 0.6) is 5.75 Å².